The highest BCUT2D eigenvalue weighted by Gasteiger charge is 2.43. The lowest BCUT2D eigenvalue weighted by Gasteiger charge is -2.18. The quantitative estimate of drug-likeness (QED) is 0.374. The van der Waals surface area contributed by atoms with Crippen LogP contribution in [-0.4, -0.2) is 57.6 Å². The van der Waals surface area contributed by atoms with Crippen LogP contribution in [0.5, 0.6) is 0 Å². The first-order valence-corrected chi connectivity index (χ1v) is 3.64. The van der Waals surface area contributed by atoms with E-state index in [2.05, 4.69) is 0 Å². The highest BCUT2D eigenvalue weighted by molar-refractivity contribution is 4.94. The van der Waals surface area contributed by atoms with E-state index in [1.165, 1.54) is 0 Å². The van der Waals surface area contributed by atoms with Gasteiger partial charge in [-0.1, -0.05) is 0 Å². The molecular formula is C7H12O5. The Balaban J connectivity index is 2.58. The van der Waals surface area contributed by atoms with Gasteiger partial charge < -0.3 is 25.2 Å². The summed E-state index contributed by atoms with van der Waals surface area (Å²) in [5, 5.41) is 35.9. The lowest BCUT2D eigenvalue weighted by molar-refractivity contribution is -0.0755. The van der Waals surface area contributed by atoms with Gasteiger partial charge in [0.1, 0.15) is 24.4 Å². The first-order valence-electron chi connectivity index (χ1n) is 3.64. The minimum Gasteiger partial charge on any atom is -0.394 e. The molecule has 1 aliphatic heterocycles. The fraction of sp³-hybridized carbons (Fsp3) is 0.857. The maximum atomic E-state index is 9.20. The van der Waals surface area contributed by atoms with Crippen molar-refractivity contribution in [1.29, 1.82) is 0 Å². The standard InChI is InChI=1S/C7H12O5/c1-3-5(10)6(11)7(12-3)4(9)2-8/h1,3-11H,2H2/t3-,4-,5?,6+,7-/m0/s1. The molecule has 0 aromatic rings. The normalized spacial score (nSPS) is 44.8. The Bertz CT molecular complexity index is 151. The molecule has 12 heavy (non-hydrogen) atoms. The highest BCUT2D eigenvalue weighted by atomic mass is 16.6. The first-order chi connectivity index (χ1) is 5.57. The largest absolute Gasteiger partial charge is 0.394 e. The third-order valence-corrected chi connectivity index (χ3v) is 1.90. The predicted octanol–water partition coefficient (Wildman–Crippen LogP) is -2.46. The van der Waals surface area contributed by atoms with Crippen LogP contribution < -0.4 is 0 Å². The highest BCUT2D eigenvalue weighted by Crippen LogP contribution is 2.22. The Hall–Kier alpha value is -0.200. The summed E-state index contributed by atoms with van der Waals surface area (Å²) in [7, 11) is 0. The third-order valence-electron chi connectivity index (χ3n) is 1.90. The number of aliphatic hydroxyl groups excluding tert-OH is 4. The van der Waals surface area contributed by atoms with E-state index < -0.39 is 37.1 Å². The van der Waals surface area contributed by atoms with Crippen LogP contribution in [0, 0.1) is 6.92 Å². The Morgan fingerprint density at radius 2 is 1.92 bits per heavy atom. The Labute approximate surface area is 70.2 Å². The summed E-state index contributed by atoms with van der Waals surface area (Å²) >= 11 is 0. The molecule has 0 bridgehead atoms. The monoisotopic (exact) mass is 176 g/mol. The van der Waals surface area contributed by atoms with Gasteiger partial charge in [0.05, 0.1) is 12.7 Å². The minimum absolute atomic E-state index is 0.541. The molecule has 0 aromatic heterocycles. The molecule has 5 nitrogen and oxygen atoms in total. The van der Waals surface area contributed by atoms with E-state index in [-0.39, 0.29) is 0 Å². The summed E-state index contributed by atoms with van der Waals surface area (Å²) in [6.45, 7) is 4.69. The van der Waals surface area contributed by atoms with E-state index in [1.54, 1.807) is 0 Å². The van der Waals surface area contributed by atoms with Gasteiger partial charge in [0, 0.05) is 0 Å². The lowest BCUT2D eigenvalue weighted by atomic mass is 10.1. The summed E-state index contributed by atoms with van der Waals surface area (Å²) in [5.41, 5.74) is 0. The summed E-state index contributed by atoms with van der Waals surface area (Å²) in [6, 6.07) is 0. The molecule has 0 aliphatic carbocycles. The molecule has 2 radical (unpaired) electrons. The molecule has 0 spiro atoms. The topological polar surface area (TPSA) is 90.2 Å². The van der Waals surface area contributed by atoms with Crippen molar-refractivity contribution in [3.05, 3.63) is 6.92 Å². The number of hydrogen-bond acceptors (Lipinski definition) is 5. The average Bonchev–Trinajstić information content (AvgIpc) is 2.32. The summed E-state index contributed by atoms with van der Waals surface area (Å²) in [5.74, 6) is 0. The van der Waals surface area contributed by atoms with Gasteiger partial charge in [0.15, 0.2) is 0 Å². The van der Waals surface area contributed by atoms with Crippen molar-refractivity contribution in [2.24, 2.45) is 0 Å². The molecule has 1 heterocycles. The molecule has 1 unspecified atom stereocenters. The molecule has 5 heteroatoms. The molecule has 70 valence electrons. The number of ether oxygens (including phenoxy) is 1. The van der Waals surface area contributed by atoms with Crippen molar-refractivity contribution in [1.82, 2.24) is 0 Å². The van der Waals surface area contributed by atoms with Gasteiger partial charge in [-0.05, 0) is 6.92 Å². The second kappa shape index (κ2) is 3.68. The number of aliphatic hydroxyl groups is 4. The Morgan fingerprint density at radius 1 is 1.33 bits per heavy atom. The van der Waals surface area contributed by atoms with Crippen LogP contribution >= 0.6 is 0 Å². The van der Waals surface area contributed by atoms with E-state index >= 15 is 0 Å². The molecule has 1 rings (SSSR count). The average molecular weight is 176 g/mol. The van der Waals surface area contributed by atoms with E-state index in [0.717, 1.165) is 0 Å². The van der Waals surface area contributed by atoms with Crippen LogP contribution in [0.1, 0.15) is 0 Å². The fourth-order valence-corrected chi connectivity index (χ4v) is 1.15. The van der Waals surface area contributed by atoms with Crippen molar-refractivity contribution in [3.8, 4) is 0 Å². The van der Waals surface area contributed by atoms with Crippen molar-refractivity contribution < 1.29 is 25.2 Å². The van der Waals surface area contributed by atoms with Gasteiger partial charge in [-0.15, -0.1) is 0 Å². The van der Waals surface area contributed by atoms with Crippen molar-refractivity contribution in [3.63, 3.8) is 0 Å². The lowest BCUT2D eigenvalue weighted by Crippen LogP contribution is -2.40. The van der Waals surface area contributed by atoms with Gasteiger partial charge in [-0.25, -0.2) is 0 Å². The molecule has 1 saturated heterocycles. The molecular weight excluding hydrogens is 164 g/mol. The van der Waals surface area contributed by atoms with Crippen LogP contribution in [0.25, 0.3) is 0 Å². The summed E-state index contributed by atoms with van der Waals surface area (Å²) in [4.78, 5) is 0. The first kappa shape index (κ1) is 9.88. The molecule has 1 aliphatic rings. The minimum atomic E-state index is -1.25. The van der Waals surface area contributed by atoms with E-state index in [0.29, 0.717) is 0 Å². The smallest absolute Gasteiger partial charge is 0.115 e. The second-order valence-electron chi connectivity index (χ2n) is 2.80. The third kappa shape index (κ3) is 1.60. The van der Waals surface area contributed by atoms with Crippen molar-refractivity contribution in [2.45, 2.75) is 30.5 Å². The predicted molar refractivity (Wildman–Crippen MR) is 38.1 cm³/mol. The zero-order valence-corrected chi connectivity index (χ0v) is 6.37. The van der Waals surface area contributed by atoms with Crippen molar-refractivity contribution in [2.75, 3.05) is 6.61 Å². The maximum Gasteiger partial charge on any atom is 0.115 e. The molecule has 0 aromatic carbocycles. The van der Waals surface area contributed by atoms with Crippen LogP contribution in [0.4, 0.5) is 0 Å². The Morgan fingerprint density at radius 3 is 2.25 bits per heavy atom. The zero-order chi connectivity index (χ0) is 9.30. The van der Waals surface area contributed by atoms with Gasteiger partial charge >= 0.3 is 0 Å². The van der Waals surface area contributed by atoms with Gasteiger partial charge in [0.2, 0.25) is 0 Å². The second-order valence-corrected chi connectivity index (χ2v) is 2.80. The van der Waals surface area contributed by atoms with Crippen LogP contribution in [-0.2, 0) is 4.74 Å². The zero-order valence-electron chi connectivity index (χ0n) is 6.37. The molecule has 0 saturated carbocycles. The Kier molecular flexibility index (Phi) is 3.03. The van der Waals surface area contributed by atoms with E-state index in [9.17, 15) is 5.11 Å². The van der Waals surface area contributed by atoms with E-state index in [1.807, 2.05) is 0 Å². The van der Waals surface area contributed by atoms with Gasteiger partial charge in [0.25, 0.3) is 0 Å². The molecule has 5 atom stereocenters. The summed E-state index contributed by atoms with van der Waals surface area (Å²) in [6.07, 6.45) is -5.70. The van der Waals surface area contributed by atoms with Crippen LogP contribution in [0.2, 0.25) is 0 Å². The molecule has 1 fully saturated rings. The van der Waals surface area contributed by atoms with Gasteiger partial charge in [-0.2, -0.15) is 0 Å². The van der Waals surface area contributed by atoms with Crippen LogP contribution in [0.15, 0.2) is 0 Å². The fourth-order valence-electron chi connectivity index (χ4n) is 1.15. The van der Waals surface area contributed by atoms with Gasteiger partial charge in [-0.3, -0.25) is 0 Å². The molecule has 4 N–H and O–H groups in total. The molecule has 0 amide bonds. The van der Waals surface area contributed by atoms with Crippen molar-refractivity contribution >= 4 is 0 Å². The number of hydrogen-bond donors (Lipinski definition) is 4. The number of rotatable bonds is 2. The van der Waals surface area contributed by atoms with E-state index in [4.69, 9.17) is 27.0 Å². The summed E-state index contributed by atoms with van der Waals surface area (Å²) < 4.78 is 4.81. The maximum absolute atomic E-state index is 9.20. The van der Waals surface area contributed by atoms with Crippen LogP contribution in [0.3, 0.4) is 0 Å². The SMILES string of the molecule is [CH][C@@H]1O[C@@H]([C@@H](O)CO)[C@H](O)C1O.